The molecule has 140 valence electrons. The van der Waals surface area contributed by atoms with Crippen molar-refractivity contribution in [2.45, 2.75) is 25.6 Å². The van der Waals surface area contributed by atoms with Crippen LogP contribution in [0, 0.1) is 13.8 Å². The molecule has 0 aliphatic carbocycles. The average Bonchev–Trinajstić information content (AvgIpc) is 3.07. The number of aromatic amines is 1. The van der Waals surface area contributed by atoms with Crippen LogP contribution in [-0.2, 0) is 11.3 Å². The van der Waals surface area contributed by atoms with E-state index in [4.69, 9.17) is 4.42 Å². The molecular weight excluding hydrogens is 370 g/mol. The Morgan fingerprint density at radius 3 is 2.85 bits per heavy atom. The third kappa shape index (κ3) is 4.73. The first kappa shape index (κ1) is 18.6. The van der Waals surface area contributed by atoms with Crippen molar-refractivity contribution < 1.29 is 9.21 Å². The van der Waals surface area contributed by atoms with Crippen LogP contribution in [0.4, 0.5) is 5.69 Å². The normalized spacial score (nSPS) is 10.7. The van der Waals surface area contributed by atoms with Crippen LogP contribution in [0.5, 0.6) is 0 Å². The van der Waals surface area contributed by atoms with Gasteiger partial charge in [-0.15, -0.1) is 10.2 Å². The van der Waals surface area contributed by atoms with Gasteiger partial charge in [-0.3, -0.25) is 19.1 Å². The Balaban J connectivity index is 1.57. The summed E-state index contributed by atoms with van der Waals surface area (Å²) in [7, 11) is 0. The van der Waals surface area contributed by atoms with Crippen molar-refractivity contribution in [3.63, 3.8) is 0 Å². The second kappa shape index (κ2) is 8.04. The second-order valence-electron chi connectivity index (χ2n) is 5.78. The minimum Gasteiger partial charge on any atom is -0.414 e. The topological polar surface area (TPSA) is 123 Å². The van der Waals surface area contributed by atoms with Gasteiger partial charge in [0.15, 0.2) is 0 Å². The number of thioether (sulfide) groups is 1. The van der Waals surface area contributed by atoms with Crippen LogP contribution >= 0.6 is 11.8 Å². The lowest BCUT2D eigenvalue weighted by Gasteiger charge is -2.09. The highest BCUT2D eigenvalue weighted by Crippen LogP contribution is 2.20. The lowest BCUT2D eigenvalue weighted by atomic mass is 10.1. The van der Waals surface area contributed by atoms with Gasteiger partial charge in [0.2, 0.25) is 11.8 Å². The number of carbonyl (C=O) groups is 1. The van der Waals surface area contributed by atoms with Gasteiger partial charge in [-0.05, 0) is 31.0 Å². The van der Waals surface area contributed by atoms with Crippen molar-refractivity contribution in [1.82, 2.24) is 19.7 Å². The van der Waals surface area contributed by atoms with Gasteiger partial charge in [-0.1, -0.05) is 23.9 Å². The molecule has 0 fully saturated rings. The minimum absolute atomic E-state index is 0.0257. The van der Waals surface area contributed by atoms with E-state index in [0.29, 0.717) is 0 Å². The summed E-state index contributed by atoms with van der Waals surface area (Å²) in [6.45, 7) is 3.95. The highest BCUT2D eigenvalue weighted by molar-refractivity contribution is 7.99. The molecule has 2 aromatic heterocycles. The number of rotatable bonds is 6. The number of aryl methyl sites for hydroxylation is 1. The zero-order valence-electron chi connectivity index (χ0n) is 14.7. The summed E-state index contributed by atoms with van der Waals surface area (Å²) >= 11 is 1.10. The van der Waals surface area contributed by atoms with Crippen LogP contribution < -0.4 is 16.6 Å². The molecule has 10 heteroatoms. The Morgan fingerprint density at radius 1 is 1.26 bits per heavy atom. The Bertz CT molecular complexity index is 1090. The molecule has 9 nitrogen and oxygen atoms in total. The Labute approximate surface area is 157 Å². The molecule has 1 amide bonds. The lowest BCUT2D eigenvalue weighted by molar-refractivity contribution is -0.113. The minimum atomic E-state index is -0.567. The van der Waals surface area contributed by atoms with Crippen molar-refractivity contribution in [2.75, 3.05) is 11.1 Å². The van der Waals surface area contributed by atoms with E-state index in [1.54, 1.807) is 0 Å². The summed E-state index contributed by atoms with van der Waals surface area (Å²) in [5.74, 6) is 0.111. The maximum atomic E-state index is 12.1. The third-order valence-electron chi connectivity index (χ3n) is 3.86. The zero-order chi connectivity index (χ0) is 19.4. The Kier molecular flexibility index (Phi) is 5.55. The van der Waals surface area contributed by atoms with Crippen molar-refractivity contribution >= 4 is 23.4 Å². The molecule has 0 aliphatic heterocycles. The van der Waals surface area contributed by atoms with Crippen LogP contribution in [0.25, 0.3) is 0 Å². The van der Waals surface area contributed by atoms with Crippen molar-refractivity contribution in [2.24, 2.45) is 0 Å². The SMILES string of the molecule is Cc1cccc(NC(=O)CSc2nnc(Cn3ccc(=O)[nH]c3=O)o2)c1C. The molecule has 0 unspecified atom stereocenters. The number of nitrogens with zero attached hydrogens (tertiary/aromatic N) is 3. The van der Waals surface area contributed by atoms with Gasteiger partial charge in [-0.2, -0.15) is 0 Å². The average molecular weight is 387 g/mol. The molecule has 27 heavy (non-hydrogen) atoms. The van der Waals surface area contributed by atoms with Gasteiger partial charge >= 0.3 is 5.69 Å². The summed E-state index contributed by atoms with van der Waals surface area (Å²) in [6, 6.07) is 6.93. The number of benzene rings is 1. The predicted octanol–water partition coefficient (Wildman–Crippen LogP) is 1.32. The van der Waals surface area contributed by atoms with E-state index in [1.807, 2.05) is 32.0 Å². The smallest absolute Gasteiger partial charge is 0.328 e. The van der Waals surface area contributed by atoms with Gasteiger partial charge in [0.25, 0.3) is 10.8 Å². The summed E-state index contributed by atoms with van der Waals surface area (Å²) in [6.07, 6.45) is 1.34. The molecule has 0 aliphatic rings. The van der Waals surface area contributed by atoms with E-state index < -0.39 is 11.2 Å². The maximum absolute atomic E-state index is 12.1. The third-order valence-corrected chi connectivity index (χ3v) is 4.67. The van der Waals surface area contributed by atoms with E-state index in [-0.39, 0.29) is 29.3 Å². The first-order valence-corrected chi connectivity index (χ1v) is 9.02. The van der Waals surface area contributed by atoms with Crippen LogP contribution in [0.1, 0.15) is 17.0 Å². The number of hydrogen-bond donors (Lipinski definition) is 2. The van der Waals surface area contributed by atoms with Gasteiger partial charge in [0, 0.05) is 18.0 Å². The maximum Gasteiger partial charge on any atom is 0.328 e. The number of carbonyl (C=O) groups excluding carboxylic acids is 1. The number of anilines is 1. The van der Waals surface area contributed by atoms with Gasteiger partial charge in [0.1, 0.15) is 6.54 Å². The van der Waals surface area contributed by atoms with Gasteiger partial charge < -0.3 is 9.73 Å². The predicted molar refractivity (Wildman–Crippen MR) is 100.0 cm³/mol. The summed E-state index contributed by atoms with van der Waals surface area (Å²) in [4.78, 5) is 37.0. The first-order chi connectivity index (χ1) is 12.9. The van der Waals surface area contributed by atoms with E-state index in [1.165, 1.54) is 16.8 Å². The second-order valence-corrected chi connectivity index (χ2v) is 6.71. The fourth-order valence-electron chi connectivity index (χ4n) is 2.27. The van der Waals surface area contributed by atoms with Crippen molar-refractivity contribution in [3.8, 4) is 0 Å². The van der Waals surface area contributed by atoms with Crippen molar-refractivity contribution in [3.05, 3.63) is 68.3 Å². The number of aromatic nitrogens is 4. The largest absolute Gasteiger partial charge is 0.414 e. The number of H-pyrrole nitrogens is 1. The highest BCUT2D eigenvalue weighted by atomic mass is 32.2. The van der Waals surface area contributed by atoms with E-state index in [0.717, 1.165) is 28.6 Å². The number of hydrogen-bond acceptors (Lipinski definition) is 7. The molecule has 0 bridgehead atoms. The molecule has 3 rings (SSSR count). The van der Waals surface area contributed by atoms with Crippen LogP contribution in [0.15, 0.2) is 49.7 Å². The molecule has 0 saturated heterocycles. The zero-order valence-corrected chi connectivity index (χ0v) is 15.5. The molecule has 0 saturated carbocycles. The van der Waals surface area contributed by atoms with E-state index in [9.17, 15) is 14.4 Å². The molecule has 1 aromatic carbocycles. The Hall–Kier alpha value is -3.14. The first-order valence-electron chi connectivity index (χ1n) is 8.03. The summed E-state index contributed by atoms with van der Waals surface area (Å²) < 4.78 is 6.66. The fraction of sp³-hybridized carbons (Fsp3) is 0.235. The molecule has 0 spiro atoms. The van der Waals surface area contributed by atoms with E-state index >= 15 is 0 Å². The fourth-order valence-corrected chi connectivity index (χ4v) is 2.86. The van der Waals surface area contributed by atoms with Crippen LogP contribution in [0.3, 0.4) is 0 Å². The molecule has 0 atom stereocenters. The summed E-state index contributed by atoms with van der Waals surface area (Å²) in [5.41, 5.74) is 1.83. The highest BCUT2D eigenvalue weighted by Gasteiger charge is 2.12. The summed E-state index contributed by atoms with van der Waals surface area (Å²) in [5, 5.41) is 10.8. The number of nitrogens with one attached hydrogen (secondary N) is 2. The van der Waals surface area contributed by atoms with Crippen LogP contribution in [-0.4, -0.2) is 31.4 Å². The molecular formula is C17H17N5O4S. The molecule has 3 aromatic rings. The van der Waals surface area contributed by atoms with Crippen LogP contribution in [0.2, 0.25) is 0 Å². The molecule has 0 radical (unpaired) electrons. The Morgan fingerprint density at radius 2 is 2.07 bits per heavy atom. The van der Waals surface area contributed by atoms with Gasteiger partial charge in [-0.25, -0.2) is 4.79 Å². The lowest BCUT2D eigenvalue weighted by Crippen LogP contribution is -2.28. The monoisotopic (exact) mass is 387 g/mol. The molecule has 2 heterocycles. The van der Waals surface area contributed by atoms with Crippen molar-refractivity contribution in [1.29, 1.82) is 0 Å². The standard InChI is InChI=1S/C17H17N5O4S/c1-10-4-3-5-12(11(10)2)18-14(24)9-27-17-21-20-15(26-17)8-22-7-6-13(23)19-16(22)25/h3-7H,8-9H2,1-2H3,(H,18,24)(H,19,23,25). The van der Waals surface area contributed by atoms with E-state index in [2.05, 4.69) is 20.5 Å². The quantitative estimate of drug-likeness (QED) is 0.611. The number of amides is 1. The van der Waals surface area contributed by atoms with Gasteiger partial charge in [0.05, 0.1) is 5.75 Å². The molecule has 2 N–H and O–H groups in total.